The molecule has 3 rings (SSSR count). The van der Waals surface area contributed by atoms with Crippen LogP contribution in [0.3, 0.4) is 0 Å². The Morgan fingerprint density at radius 3 is 2.77 bits per heavy atom. The number of carbonyl (C=O) groups is 1. The average Bonchev–Trinajstić information content (AvgIpc) is 2.99. The summed E-state index contributed by atoms with van der Waals surface area (Å²) in [6.07, 6.45) is 3.35. The summed E-state index contributed by atoms with van der Waals surface area (Å²) in [6.45, 7) is 2.33. The number of amides is 1. The molecule has 1 N–H and O–H groups in total. The largest absolute Gasteiger partial charge is 0.302 e. The molecule has 1 aliphatic rings. The Kier molecular flexibility index (Phi) is 5.52. The number of nitrogens with one attached hydrogen (secondary N) is 1. The van der Waals surface area contributed by atoms with Crippen molar-refractivity contribution in [1.29, 1.82) is 0 Å². The van der Waals surface area contributed by atoms with Gasteiger partial charge in [0.25, 0.3) is 5.92 Å². The number of alkyl halides is 2. The molecule has 2 aromatic rings. The maximum absolute atomic E-state index is 14.3. The van der Waals surface area contributed by atoms with Crippen LogP contribution in [0.4, 0.5) is 18.3 Å². The molecule has 0 radical (unpaired) electrons. The third kappa shape index (κ3) is 4.76. The number of nitrogens with zero attached hydrogens (tertiary/aromatic N) is 4. The molecule has 26 heavy (non-hydrogen) atoms. The minimum absolute atomic E-state index is 0.0103. The quantitative estimate of drug-likeness (QED) is 0.857. The zero-order valence-corrected chi connectivity index (χ0v) is 14.9. The smallest absolute Gasteiger partial charge is 0.253 e. The summed E-state index contributed by atoms with van der Waals surface area (Å²) < 4.78 is 41.5. The lowest BCUT2D eigenvalue weighted by Crippen LogP contribution is -2.47. The van der Waals surface area contributed by atoms with Crippen molar-refractivity contribution in [3.8, 4) is 0 Å². The van der Waals surface area contributed by atoms with Crippen LogP contribution in [0.25, 0.3) is 0 Å². The fourth-order valence-electron chi connectivity index (χ4n) is 2.88. The lowest BCUT2D eigenvalue weighted by molar-refractivity contribution is -0.114. The van der Waals surface area contributed by atoms with Crippen LogP contribution in [0.2, 0.25) is 0 Å². The molecule has 0 aliphatic carbocycles. The van der Waals surface area contributed by atoms with Crippen LogP contribution < -0.4 is 5.32 Å². The Balaban J connectivity index is 1.64. The van der Waals surface area contributed by atoms with E-state index in [1.165, 1.54) is 18.3 Å². The standard InChI is InChI=1S/C16H18F3N5OS/c1-10(25)23-15-22-7-13(26-15)9-24-3-2-16(18,19)11(8-24)4-14-20-5-12(17)6-21-14/h5-7,11H,2-4,8-9H2,1H3,(H,22,23,25)/t11-/m0/s1. The van der Waals surface area contributed by atoms with E-state index in [0.717, 1.165) is 17.3 Å². The van der Waals surface area contributed by atoms with Crippen molar-refractivity contribution in [2.24, 2.45) is 5.92 Å². The molecule has 1 fully saturated rings. The first-order chi connectivity index (χ1) is 12.3. The van der Waals surface area contributed by atoms with E-state index >= 15 is 0 Å². The maximum Gasteiger partial charge on any atom is 0.253 e. The van der Waals surface area contributed by atoms with Gasteiger partial charge in [-0.05, 0) is 0 Å². The summed E-state index contributed by atoms with van der Waals surface area (Å²) in [5.41, 5.74) is 0. The van der Waals surface area contributed by atoms with Crippen molar-refractivity contribution in [1.82, 2.24) is 19.9 Å². The predicted octanol–water partition coefficient (Wildman–Crippen LogP) is 2.73. The number of likely N-dealkylation sites (tertiary alicyclic amines) is 1. The highest BCUT2D eigenvalue weighted by atomic mass is 32.1. The molecule has 2 aromatic heterocycles. The minimum atomic E-state index is -2.82. The van der Waals surface area contributed by atoms with E-state index in [-0.39, 0.29) is 37.7 Å². The van der Waals surface area contributed by atoms with E-state index < -0.39 is 17.7 Å². The van der Waals surface area contributed by atoms with Crippen molar-refractivity contribution in [3.05, 3.63) is 35.1 Å². The lowest BCUT2D eigenvalue weighted by atomic mass is 9.90. The Labute approximate surface area is 152 Å². The number of hydrogen-bond acceptors (Lipinski definition) is 6. The number of carbonyl (C=O) groups excluding carboxylic acids is 1. The second-order valence-corrected chi connectivity index (χ2v) is 7.39. The van der Waals surface area contributed by atoms with Crippen LogP contribution in [0.15, 0.2) is 18.6 Å². The normalized spacial score (nSPS) is 20.1. The van der Waals surface area contributed by atoms with Gasteiger partial charge in [0.05, 0.1) is 12.4 Å². The Morgan fingerprint density at radius 2 is 2.08 bits per heavy atom. The van der Waals surface area contributed by atoms with Gasteiger partial charge >= 0.3 is 0 Å². The van der Waals surface area contributed by atoms with Gasteiger partial charge in [-0.3, -0.25) is 9.69 Å². The van der Waals surface area contributed by atoms with E-state index in [0.29, 0.717) is 11.7 Å². The molecule has 3 heterocycles. The van der Waals surface area contributed by atoms with Gasteiger partial charge in [0.1, 0.15) is 5.82 Å². The number of anilines is 1. The Hall–Kier alpha value is -2.07. The summed E-state index contributed by atoms with van der Waals surface area (Å²) >= 11 is 1.32. The summed E-state index contributed by atoms with van der Waals surface area (Å²) in [5, 5.41) is 3.10. The van der Waals surface area contributed by atoms with Crippen LogP contribution in [-0.4, -0.2) is 44.8 Å². The van der Waals surface area contributed by atoms with Gasteiger partial charge in [-0.1, -0.05) is 0 Å². The molecule has 0 aromatic carbocycles. The predicted molar refractivity (Wildman–Crippen MR) is 90.4 cm³/mol. The van der Waals surface area contributed by atoms with Crippen LogP contribution in [-0.2, 0) is 17.8 Å². The lowest BCUT2D eigenvalue weighted by Gasteiger charge is -2.38. The number of rotatable bonds is 5. The molecule has 10 heteroatoms. The highest BCUT2D eigenvalue weighted by Gasteiger charge is 2.44. The first-order valence-electron chi connectivity index (χ1n) is 8.11. The molecule has 0 saturated carbocycles. The first kappa shape index (κ1) is 18.7. The van der Waals surface area contributed by atoms with E-state index in [1.807, 2.05) is 4.90 Å². The van der Waals surface area contributed by atoms with E-state index in [4.69, 9.17) is 0 Å². The number of piperidine rings is 1. The highest BCUT2D eigenvalue weighted by molar-refractivity contribution is 7.15. The van der Waals surface area contributed by atoms with Crippen LogP contribution in [0.5, 0.6) is 0 Å². The van der Waals surface area contributed by atoms with E-state index in [9.17, 15) is 18.0 Å². The third-order valence-corrected chi connectivity index (χ3v) is 5.05. The van der Waals surface area contributed by atoms with E-state index in [2.05, 4.69) is 20.3 Å². The molecular weight excluding hydrogens is 367 g/mol. The summed E-state index contributed by atoms with van der Waals surface area (Å²) in [4.78, 5) is 25.5. The average molecular weight is 385 g/mol. The topological polar surface area (TPSA) is 71.0 Å². The zero-order chi connectivity index (χ0) is 18.7. The molecule has 140 valence electrons. The SMILES string of the molecule is CC(=O)Nc1ncc(CN2CCC(F)(F)[C@@H](Cc3ncc(F)cn3)C2)s1. The molecule has 1 aliphatic heterocycles. The number of hydrogen-bond donors (Lipinski definition) is 1. The van der Waals surface area contributed by atoms with Crippen LogP contribution in [0.1, 0.15) is 24.0 Å². The summed E-state index contributed by atoms with van der Waals surface area (Å²) in [7, 11) is 0. The second-order valence-electron chi connectivity index (χ2n) is 6.28. The molecule has 1 amide bonds. The molecular formula is C16H18F3N5OS. The van der Waals surface area contributed by atoms with Gasteiger partial charge in [-0.15, -0.1) is 11.3 Å². The Bertz CT molecular complexity index is 768. The first-order valence-corrected chi connectivity index (χ1v) is 8.92. The van der Waals surface area contributed by atoms with Crippen molar-refractivity contribution in [2.75, 3.05) is 18.4 Å². The van der Waals surface area contributed by atoms with Gasteiger partial charge < -0.3 is 5.32 Å². The second kappa shape index (κ2) is 7.67. The minimum Gasteiger partial charge on any atom is -0.302 e. The van der Waals surface area contributed by atoms with Gasteiger partial charge in [0.2, 0.25) is 5.91 Å². The maximum atomic E-state index is 14.3. The van der Waals surface area contributed by atoms with Crippen molar-refractivity contribution in [2.45, 2.75) is 32.2 Å². The fraction of sp³-hybridized carbons (Fsp3) is 0.500. The van der Waals surface area contributed by atoms with Gasteiger partial charge in [-0.25, -0.2) is 28.1 Å². The molecule has 0 unspecified atom stereocenters. The monoisotopic (exact) mass is 385 g/mol. The van der Waals surface area contributed by atoms with E-state index in [1.54, 1.807) is 6.20 Å². The molecule has 6 nitrogen and oxygen atoms in total. The number of aromatic nitrogens is 3. The number of halogens is 3. The van der Waals surface area contributed by atoms with Gasteiger partial charge in [-0.2, -0.15) is 0 Å². The molecule has 1 atom stereocenters. The fourth-order valence-corrected chi connectivity index (χ4v) is 3.78. The molecule has 0 bridgehead atoms. The number of thiazole rings is 1. The van der Waals surface area contributed by atoms with Crippen molar-refractivity contribution in [3.63, 3.8) is 0 Å². The molecule has 1 saturated heterocycles. The van der Waals surface area contributed by atoms with Crippen LogP contribution >= 0.6 is 11.3 Å². The van der Waals surface area contributed by atoms with Crippen molar-refractivity contribution >= 4 is 22.4 Å². The molecule has 0 spiro atoms. The van der Waals surface area contributed by atoms with Gasteiger partial charge in [0, 0.05) is 56.4 Å². The van der Waals surface area contributed by atoms with Gasteiger partial charge in [0.15, 0.2) is 10.9 Å². The summed E-state index contributed by atoms with van der Waals surface area (Å²) in [6, 6.07) is 0. The van der Waals surface area contributed by atoms with Crippen molar-refractivity contribution < 1.29 is 18.0 Å². The Morgan fingerprint density at radius 1 is 1.35 bits per heavy atom. The highest BCUT2D eigenvalue weighted by Crippen LogP contribution is 2.36. The summed E-state index contributed by atoms with van der Waals surface area (Å²) in [5.74, 6) is -4.34. The van der Waals surface area contributed by atoms with Crippen LogP contribution in [0, 0.1) is 11.7 Å². The third-order valence-electron chi connectivity index (χ3n) is 4.16. The zero-order valence-electron chi connectivity index (χ0n) is 14.1.